The molecule has 0 aliphatic heterocycles. The third-order valence-corrected chi connectivity index (χ3v) is 6.64. The Morgan fingerprint density at radius 3 is 2.56 bits per heavy atom. The van der Waals surface area contributed by atoms with Gasteiger partial charge in [-0.3, -0.25) is 14.4 Å². The van der Waals surface area contributed by atoms with E-state index in [1.165, 1.54) is 29.4 Å². The maximum Gasteiger partial charge on any atom is 0.270 e. The van der Waals surface area contributed by atoms with E-state index in [0.29, 0.717) is 11.5 Å². The van der Waals surface area contributed by atoms with Crippen LogP contribution in [0, 0.1) is 5.82 Å². The molecule has 4 rings (SSSR count). The summed E-state index contributed by atoms with van der Waals surface area (Å²) in [7, 11) is 0. The number of nitrogens with two attached hydrogens (primary N) is 2. The predicted molar refractivity (Wildman–Crippen MR) is 123 cm³/mol. The zero-order valence-electron chi connectivity index (χ0n) is 18.2. The summed E-state index contributed by atoms with van der Waals surface area (Å²) in [4.78, 5) is 39.9. The van der Waals surface area contributed by atoms with Crippen LogP contribution in [0.4, 0.5) is 10.1 Å². The van der Waals surface area contributed by atoms with Crippen LogP contribution in [-0.2, 0) is 11.3 Å². The van der Waals surface area contributed by atoms with Gasteiger partial charge in [-0.25, -0.2) is 4.39 Å². The molecule has 9 nitrogen and oxygen atoms in total. The number of hydrogen-bond acceptors (Lipinski definition) is 7. The number of halogens is 1. The van der Waals surface area contributed by atoms with Crippen molar-refractivity contribution in [2.45, 2.75) is 44.3 Å². The van der Waals surface area contributed by atoms with Gasteiger partial charge in [0.15, 0.2) is 11.7 Å². The molecule has 0 spiro atoms. The lowest BCUT2D eigenvalue weighted by Crippen LogP contribution is -2.45. The molecular weight excluding hydrogens is 461 g/mol. The number of furan rings is 1. The Morgan fingerprint density at radius 2 is 1.94 bits per heavy atom. The van der Waals surface area contributed by atoms with Crippen LogP contribution >= 0.6 is 11.5 Å². The molecule has 178 valence electrons. The first-order valence-electron chi connectivity index (χ1n) is 10.8. The second-order valence-electron chi connectivity index (χ2n) is 8.07. The number of amides is 3. The highest BCUT2D eigenvalue weighted by atomic mass is 32.1. The standard InChI is InChI=1S/C23H24FN5O4S/c24-15-9-4-1-6-13(15)12-29(23(32)20-17(25)18(21(26)30)28-34-20)19(16-10-5-11-33-16)22(31)27-14-7-2-3-8-14/h1,4-6,9-11,14,19H,2-3,7-8,12,25H2,(H2,26,30)(H,27,31). The Labute approximate surface area is 199 Å². The second kappa shape index (κ2) is 10.0. The average molecular weight is 486 g/mol. The molecular formula is C23H24FN5O4S. The van der Waals surface area contributed by atoms with Crippen molar-refractivity contribution in [3.8, 4) is 0 Å². The molecule has 3 aromatic rings. The van der Waals surface area contributed by atoms with Gasteiger partial charge in [-0.15, -0.1) is 0 Å². The minimum absolute atomic E-state index is 0.0229. The summed E-state index contributed by atoms with van der Waals surface area (Å²) in [6, 6.07) is 7.90. The van der Waals surface area contributed by atoms with Crippen molar-refractivity contribution in [1.29, 1.82) is 0 Å². The number of hydrogen-bond donors (Lipinski definition) is 3. The smallest absolute Gasteiger partial charge is 0.270 e. The lowest BCUT2D eigenvalue weighted by molar-refractivity contribution is -0.127. The summed E-state index contributed by atoms with van der Waals surface area (Å²) in [6.45, 7) is -0.252. The molecule has 11 heteroatoms. The Bertz CT molecular complexity index is 1190. The molecule has 2 aromatic heterocycles. The molecule has 0 radical (unpaired) electrons. The number of anilines is 1. The van der Waals surface area contributed by atoms with Crippen molar-refractivity contribution in [2.75, 3.05) is 5.73 Å². The molecule has 1 aromatic carbocycles. The summed E-state index contributed by atoms with van der Waals surface area (Å²) in [6.07, 6.45) is 5.07. The number of carbonyl (C=O) groups is 3. The molecule has 34 heavy (non-hydrogen) atoms. The topological polar surface area (TPSA) is 145 Å². The van der Waals surface area contributed by atoms with Crippen molar-refractivity contribution < 1.29 is 23.2 Å². The van der Waals surface area contributed by atoms with E-state index in [1.807, 2.05) is 0 Å². The van der Waals surface area contributed by atoms with Gasteiger partial charge in [0.1, 0.15) is 16.5 Å². The predicted octanol–water partition coefficient (Wildman–Crippen LogP) is 3.00. The normalized spacial score (nSPS) is 14.6. The van der Waals surface area contributed by atoms with Gasteiger partial charge < -0.3 is 26.1 Å². The largest absolute Gasteiger partial charge is 0.467 e. The Morgan fingerprint density at radius 1 is 1.21 bits per heavy atom. The molecule has 1 aliphatic carbocycles. The first-order valence-corrected chi connectivity index (χ1v) is 11.6. The second-order valence-corrected chi connectivity index (χ2v) is 8.84. The Hall–Kier alpha value is -3.73. The fraction of sp³-hybridized carbons (Fsp3) is 0.304. The lowest BCUT2D eigenvalue weighted by Gasteiger charge is -2.30. The van der Waals surface area contributed by atoms with Crippen molar-refractivity contribution >= 4 is 34.9 Å². The van der Waals surface area contributed by atoms with Crippen molar-refractivity contribution in [1.82, 2.24) is 14.6 Å². The van der Waals surface area contributed by atoms with Crippen LogP contribution in [0.1, 0.15) is 63.2 Å². The van der Waals surface area contributed by atoms with E-state index in [4.69, 9.17) is 15.9 Å². The number of nitrogens with zero attached hydrogens (tertiary/aromatic N) is 2. The van der Waals surface area contributed by atoms with Crippen molar-refractivity contribution in [3.63, 3.8) is 0 Å². The van der Waals surface area contributed by atoms with Crippen molar-refractivity contribution in [2.24, 2.45) is 5.73 Å². The number of nitrogen functional groups attached to an aromatic ring is 1. The van der Waals surface area contributed by atoms with Gasteiger partial charge in [-0.1, -0.05) is 31.0 Å². The molecule has 0 saturated heterocycles. The van der Waals surface area contributed by atoms with E-state index >= 15 is 0 Å². The number of carbonyl (C=O) groups excluding carboxylic acids is 3. The van der Waals surface area contributed by atoms with Gasteiger partial charge in [-0.2, -0.15) is 4.37 Å². The Kier molecular flexibility index (Phi) is 6.92. The molecule has 1 fully saturated rings. The van der Waals surface area contributed by atoms with E-state index in [-0.39, 0.29) is 40.2 Å². The molecule has 5 N–H and O–H groups in total. The molecule has 1 unspecified atom stereocenters. The number of rotatable bonds is 8. The summed E-state index contributed by atoms with van der Waals surface area (Å²) < 4.78 is 24.0. The number of nitrogens with one attached hydrogen (secondary N) is 1. The summed E-state index contributed by atoms with van der Waals surface area (Å²) in [5, 5.41) is 2.99. The maximum atomic E-state index is 14.6. The quantitative estimate of drug-likeness (QED) is 0.447. The van der Waals surface area contributed by atoms with Crippen LogP contribution in [0.2, 0.25) is 0 Å². The third kappa shape index (κ3) is 4.79. The van der Waals surface area contributed by atoms with Gasteiger partial charge in [0.2, 0.25) is 0 Å². The molecule has 1 aliphatic rings. The van der Waals surface area contributed by atoms with Crippen LogP contribution < -0.4 is 16.8 Å². The van der Waals surface area contributed by atoms with Gasteiger partial charge in [-0.05, 0) is 42.6 Å². The van der Waals surface area contributed by atoms with Crippen LogP contribution in [0.15, 0.2) is 47.1 Å². The summed E-state index contributed by atoms with van der Waals surface area (Å²) in [5.74, 6) is -2.36. The minimum atomic E-state index is -1.21. The van der Waals surface area contributed by atoms with E-state index in [9.17, 15) is 18.8 Å². The summed E-state index contributed by atoms with van der Waals surface area (Å²) in [5.41, 5.74) is 11.1. The van der Waals surface area contributed by atoms with Gasteiger partial charge in [0.05, 0.1) is 18.5 Å². The highest BCUT2D eigenvalue weighted by molar-refractivity contribution is 7.09. The van der Waals surface area contributed by atoms with E-state index in [2.05, 4.69) is 9.69 Å². The number of aromatic nitrogens is 1. The number of benzene rings is 1. The fourth-order valence-corrected chi connectivity index (χ4v) is 4.83. The molecule has 2 heterocycles. The summed E-state index contributed by atoms with van der Waals surface area (Å²) >= 11 is 0.692. The first kappa shape index (κ1) is 23.4. The van der Waals surface area contributed by atoms with E-state index in [1.54, 1.807) is 18.2 Å². The third-order valence-electron chi connectivity index (χ3n) is 5.79. The molecule has 3 amide bonds. The first-order chi connectivity index (χ1) is 16.4. The average Bonchev–Trinajstić information content (AvgIpc) is 3.57. The number of primary amides is 1. The molecule has 0 bridgehead atoms. The fourth-order valence-electron chi connectivity index (χ4n) is 4.07. The Balaban J connectivity index is 1.77. The maximum absolute atomic E-state index is 14.6. The van der Waals surface area contributed by atoms with E-state index < -0.39 is 29.6 Å². The van der Waals surface area contributed by atoms with Gasteiger partial charge in [0, 0.05) is 11.6 Å². The molecule has 1 saturated carbocycles. The van der Waals surface area contributed by atoms with Gasteiger partial charge in [0.25, 0.3) is 17.7 Å². The van der Waals surface area contributed by atoms with Crippen LogP contribution in [-0.4, -0.2) is 33.0 Å². The highest BCUT2D eigenvalue weighted by Crippen LogP contribution is 2.31. The lowest BCUT2D eigenvalue weighted by atomic mass is 10.1. The minimum Gasteiger partial charge on any atom is -0.467 e. The van der Waals surface area contributed by atoms with Crippen LogP contribution in [0.25, 0.3) is 0 Å². The monoisotopic (exact) mass is 485 g/mol. The molecule has 1 atom stereocenters. The highest BCUT2D eigenvalue weighted by Gasteiger charge is 2.37. The SMILES string of the molecule is NC(=O)c1nsc(C(=O)N(Cc2ccccc2F)C(C(=O)NC2CCCC2)c2ccco2)c1N. The van der Waals surface area contributed by atoms with Crippen LogP contribution in [0.3, 0.4) is 0 Å². The van der Waals surface area contributed by atoms with Crippen molar-refractivity contribution in [3.05, 3.63) is 70.4 Å². The van der Waals surface area contributed by atoms with E-state index in [0.717, 1.165) is 25.7 Å². The zero-order valence-corrected chi connectivity index (χ0v) is 19.0. The van der Waals surface area contributed by atoms with Crippen LogP contribution in [0.5, 0.6) is 0 Å². The zero-order chi connectivity index (χ0) is 24.2. The van der Waals surface area contributed by atoms with Gasteiger partial charge >= 0.3 is 0 Å².